The molecule has 0 saturated heterocycles. The molecule has 22 heavy (non-hydrogen) atoms. The normalized spacial score (nSPS) is 10.9. The van der Waals surface area contributed by atoms with Crippen LogP contribution in [0.3, 0.4) is 0 Å². The van der Waals surface area contributed by atoms with Gasteiger partial charge in [-0.25, -0.2) is 4.39 Å². The van der Waals surface area contributed by atoms with E-state index in [1.807, 2.05) is 19.0 Å². The molecule has 0 atom stereocenters. The number of hydrogen-bond donors (Lipinski definition) is 1. The average Bonchev–Trinajstić information content (AvgIpc) is 2.94. The van der Waals surface area contributed by atoms with Gasteiger partial charge < -0.3 is 14.6 Å². The van der Waals surface area contributed by atoms with Crippen molar-refractivity contribution in [2.24, 2.45) is 0 Å². The molecule has 0 unspecified atom stereocenters. The molecule has 1 heterocycles. The number of nitrogens with one attached hydrogen (secondary N) is 1. The molecule has 0 aliphatic heterocycles. The Bertz CT molecular complexity index is 610. The highest BCUT2D eigenvalue weighted by Crippen LogP contribution is 2.18. The maximum Gasteiger partial charge on any atom is 0.247 e. The lowest BCUT2D eigenvalue weighted by Crippen LogP contribution is -2.31. The molecule has 0 bridgehead atoms. The van der Waals surface area contributed by atoms with Crippen LogP contribution in [0.4, 0.5) is 4.39 Å². The number of aryl methyl sites for hydroxylation is 1. The van der Waals surface area contributed by atoms with Gasteiger partial charge >= 0.3 is 0 Å². The van der Waals surface area contributed by atoms with Crippen molar-refractivity contribution in [3.63, 3.8) is 0 Å². The second-order valence-corrected chi connectivity index (χ2v) is 5.16. The lowest BCUT2D eigenvalue weighted by atomic mass is 10.2. The van der Waals surface area contributed by atoms with E-state index in [2.05, 4.69) is 15.5 Å². The molecule has 7 heteroatoms. The van der Waals surface area contributed by atoms with Crippen molar-refractivity contribution in [1.82, 2.24) is 20.4 Å². The number of halogens is 1. The molecule has 0 radical (unpaired) electrons. The van der Waals surface area contributed by atoms with E-state index in [0.717, 1.165) is 6.54 Å². The predicted molar refractivity (Wildman–Crippen MR) is 79.6 cm³/mol. The summed E-state index contributed by atoms with van der Waals surface area (Å²) in [6, 6.07) is 5.80. The van der Waals surface area contributed by atoms with Crippen molar-refractivity contribution in [3.8, 4) is 11.5 Å². The molecule has 0 spiro atoms. The first-order valence-electron chi connectivity index (χ1n) is 7.04. The highest BCUT2D eigenvalue weighted by Gasteiger charge is 2.10. The third-order valence-corrected chi connectivity index (χ3v) is 3.01. The van der Waals surface area contributed by atoms with Crippen LogP contribution in [0.1, 0.15) is 12.3 Å². The van der Waals surface area contributed by atoms with Gasteiger partial charge in [-0.2, -0.15) is 0 Å². The molecule has 1 aromatic carbocycles. The van der Waals surface area contributed by atoms with Crippen LogP contribution in [0, 0.1) is 5.82 Å². The molecule has 118 valence electrons. The first-order chi connectivity index (χ1) is 10.5. The summed E-state index contributed by atoms with van der Waals surface area (Å²) < 4.78 is 18.3. The number of benzene rings is 1. The van der Waals surface area contributed by atoms with Gasteiger partial charge in [-0.3, -0.25) is 4.79 Å². The molecule has 6 nitrogen and oxygen atoms in total. The molecule has 0 saturated carbocycles. The summed E-state index contributed by atoms with van der Waals surface area (Å²) in [4.78, 5) is 13.6. The average molecular weight is 306 g/mol. The zero-order valence-corrected chi connectivity index (χ0v) is 12.7. The Labute approximate surface area is 128 Å². The summed E-state index contributed by atoms with van der Waals surface area (Å²) in [6.45, 7) is 1.40. The zero-order valence-electron chi connectivity index (χ0n) is 12.7. The van der Waals surface area contributed by atoms with E-state index in [4.69, 9.17) is 4.42 Å². The van der Waals surface area contributed by atoms with Crippen LogP contribution in [-0.2, 0) is 11.2 Å². The third kappa shape index (κ3) is 4.92. The first-order valence-corrected chi connectivity index (χ1v) is 7.04. The minimum absolute atomic E-state index is 0.0524. The van der Waals surface area contributed by atoms with Crippen molar-refractivity contribution in [2.75, 3.05) is 27.2 Å². The second kappa shape index (κ2) is 7.65. The monoisotopic (exact) mass is 306 g/mol. The van der Waals surface area contributed by atoms with E-state index in [0.29, 0.717) is 36.7 Å². The van der Waals surface area contributed by atoms with E-state index in [9.17, 15) is 9.18 Å². The standard InChI is InChI=1S/C15H19FN4O2/c1-20(2)10-9-17-13(21)7-8-14-18-19-15(22-14)11-3-5-12(16)6-4-11/h3-6H,7-10H2,1-2H3,(H,17,21). The number of likely N-dealkylation sites (N-methyl/N-ethyl adjacent to an activating group) is 1. The van der Waals surface area contributed by atoms with Crippen LogP contribution in [0.15, 0.2) is 28.7 Å². The fraction of sp³-hybridized carbons (Fsp3) is 0.400. The fourth-order valence-corrected chi connectivity index (χ4v) is 1.79. The molecular weight excluding hydrogens is 287 g/mol. The number of nitrogens with zero attached hydrogens (tertiary/aromatic N) is 3. The van der Waals surface area contributed by atoms with Gasteiger partial charge in [0, 0.05) is 31.5 Å². The van der Waals surface area contributed by atoms with Crippen molar-refractivity contribution in [2.45, 2.75) is 12.8 Å². The van der Waals surface area contributed by atoms with Gasteiger partial charge in [0.25, 0.3) is 0 Å². The van der Waals surface area contributed by atoms with Gasteiger partial charge in [-0.15, -0.1) is 10.2 Å². The van der Waals surface area contributed by atoms with Crippen molar-refractivity contribution >= 4 is 5.91 Å². The summed E-state index contributed by atoms with van der Waals surface area (Å²) in [5.74, 6) is 0.339. The van der Waals surface area contributed by atoms with Gasteiger partial charge in [0.2, 0.25) is 17.7 Å². The molecular formula is C15H19FN4O2. The molecule has 0 aliphatic carbocycles. The third-order valence-electron chi connectivity index (χ3n) is 3.01. The Kier molecular flexibility index (Phi) is 5.60. The van der Waals surface area contributed by atoms with Crippen LogP contribution < -0.4 is 5.32 Å². The first kappa shape index (κ1) is 16.1. The summed E-state index contributed by atoms with van der Waals surface area (Å²) >= 11 is 0. The van der Waals surface area contributed by atoms with Crippen LogP contribution in [0.5, 0.6) is 0 Å². The minimum Gasteiger partial charge on any atom is -0.421 e. The Balaban J connectivity index is 1.82. The maximum atomic E-state index is 12.9. The van der Waals surface area contributed by atoms with Crippen molar-refractivity contribution < 1.29 is 13.6 Å². The van der Waals surface area contributed by atoms with E-state index < -0.39 is 0 Å². The van der Waals surface area contributed by atoms with E-state index in [1.54, 1.807) is 12.1 Å². The molecule has 0 fully saturated rings. The van der Waals surface area contributed by atoms with Gasteiger partial charge in [0.15, 0.2) is 0 Å². The minimum atomic E-state index is -0.321. The smallest absolute Gasteiger partial charge is 0.247 e. The second-order valence-electron chi connectivity index (χ2n) is 5.16. The summed E-state index contributed by atoms with van der Waals surface area (Å²) in [5.41, 5.74) is 0.649. The fourth-order valence-electron chi connectivity index (χ4n) is 1.79. The summed E-state index contributed by atoms with van der Waals surface area (Å²) in [5, 5.41) is 10.6. The number of rotatable bonds is 7. The number of aromatic nitrogens is 2. The SMILES string of the molecule is CN(C)CCNC(=O)CCc1nnc(-c2ccc(F)cc2)o1. The molecule has 2 aromatic rings. The highest BCUT2D eigenvalue weighted by atomic mass is 19.1. The number of carbonyl (C=O) groups excluding carboxylic acids is 1. The van der Waals surface area contributed by atoms with E-state index in [1.165, 1.54) is 12.1 Å². The maximum absolute atomic E-state index is 12.9. The molecule has 1 N–H and O–H groups in total. The molecule has 0 aliphatic rings. The number of hydrogen-bond acceptors (Lipinski definition) is 5. The van der Waals surface area contributed by atoms with Crippen molar-refractivity contribution in [1.29, 1.82) is 0 Å². The lowest BCUT2D eigenvalue weighted by molar-refractivity contribution is -0.121. The van der Waals surface area contributed by atoms with Gasteiger partial charge in [0.1, 0.15) is 5.82 Å². The van der Waals surface area contributed by atoms with E-state index >= 15 is 0 Å². The largest absolute Gasteiger partial charge is 0.421 e. The van der Waals surface area contributed by atoms with E-state index in [-0.39, 0.29) is 11.7 Å². The van der Waals surface area contributed by atoms with Crippen LogP contribution in [-0.4, -0.2) is 48.2 Å². The predicted octanol–water partition coefficient (Wildman–Crippen LogP) is 1.49. The Morgan fingerprint density at radius 1 is 1.27 bits per heavy atom. The molecule has 1 aromatic heterocycles. The van der Waals surface area contributed by atoms with Crippen molar-refractivity contribution in [3.05, 3.63) is 36.0 Å². The lowest BCUT2D eigenvalue weighted by Gasteiger charge is -2.09. The van der Waals surface area contributed by atoms with Gasteiger partial charge in [-0.05, 0) is 38.4 Å². The molecule has 1 amide bonds. The Hall–Kier alpha value is -2.28. The van der Waals surface area contributed by atoms with Crippen LogP contribution in [0.25, 0.3) is 11.5 Å². The van der Waals surface area contributed by atoms with Gasteiger partial charge in [-0.1, -0.05) is 0 Å². The topological polar surface area (TPSA) is 71.3 Å². The number of amides is 1. The quantitative estimate of drug-likeness (QED) is 0.839. The Morgan fingerprint density at radius 3 is 2.68 bits per heavy atom. The van der Waals surface area contributed by atoms with Crippen LogP contribution in [0.2, 0.25) is 0 Å². The van der Waals surface area contributed by atoms with Gasteiger partial charge in [0.05, 0.1) is 0 Å². The molecule has 2 rings (SSSR count). The zero-order chi connectivity index (χ0) is 15.9. The Morgan fingerprint density at radius 2 is 2.00 bits per heavy atom. The highest BCUT2D eigenvalue weighted by molar-refractivity contribution is 5.76. The summed E-state index contributed by atoms with van der Waals surface area (Å²) in [7, 11) is 3.89. The number of carbonyl (C=O) groups is 1. The van der Waals surface area contributed by atoms with Crippen LogP contribution >= 0.6 is 0 Å². The summed E-state index contributed by atoms with van der Waals surface area (Å²) in [6.07, 6.45) is 0.667.